The van der Waals surface area contributed by atoms with E-state index in [9.17, 15) is 4.39 Å². The zero-order valence-corrected chi connectivity index (χ0v) is 7.65. The first kappa shape index (κ1) is 9.62. The molecule has 1 fully saturated rings. The van der Waals surface area contributed by atoms with Gasteiger partial charge in [-0.1, -0.05) is 18.4 Å². The molecule has 1 rings (SSSR count). The van der Waals surface area contributed by atoms with E-state index in [1.165, 1.54) is 12.8 Å². The smallest absolute Gasteiger partial charge is 0.133 e. The first-order chi connectivity index (χ1) is 6.24. The number of hydrogen-bond donors (Lipinski definition) is 0. The lowest BCUT2D eigenvalue weighted by Gasteiger charge is -1.85. The summed E-state index contributed by atoms with van der Waals surface area (Å²) in [5.41, 5.74) is 0.389. The number of hydrogen-bond acceptors (Lipinski definition) is 0. The molecule has 0 radical (unpaired) electrons. The van der Waals surface area contributed by atoms with Crippen molar-refractivity contribution < 1.29 is 4.39 Å². The zero-order chi connectivity index (χ0) is 9.68. The van der Waals surface area contributed by atoms with Crippen LogP contribution >= 0.6 is 0 Å². The van der Waals surface area contributed by atoms with E-state index in [0.29, 0.717) is 11.5 Å². The first-order valence-corrected chi connectivity index (χ1v) is 4.24. The highest BCUT2D eigenvalue weighted by Gasteiger charge is 2.17. The van der Waals surface area contributed by atoms with Gasteiger partial charge in [-0.25, -0.2) is 4.39 Å². The van der Waals surface area contributed by atoms with Crippen molar-refractivity contribution in [3.05, 3.63) is 24.1 Å². The molecule has 0 N–H and O–H groups in total. The van der Waals surface area contributed by atoms with Gasteiger partial charge in [0.1, 0.15) is 5.83 Å². The Morgan fingerprint density at radius 2 is 2.15 bits per heavy atom. The lowest BCUT2D eigenvalue weighted by molar-refractivity contribution is 0.660. The largest absolute Gasteiger partial charge is 0.206 e. The Morgan fingerprint density at radius 1 is 1.46 bits per heavy atom. The maximum absolute atomic E-state index is 12.7. The second-order valence-corrected chi connectivity index (χ2v) is 2.97. The second kappa shape index (κ2) is 4.53. The van der Waals surface area contributed by atoms with E-state index < -0.39 is 0 Å². The van der Waals surface area contributed by atoms with Crippen molar-refractivity contribution in [2.24, 2.45) is 5.92 Å². The van der Waals surface area contributed by atoms with Gasteiger partial charge in [0.15, 0.2) is 0 Å². The monoisotopic (exact) mass is 174 g/mol. The SMILES string of the molecule is C=C/C(F)=C(\C)C#CC#CC1CC1. The van der Waals surface area contributed by atoms with Crippen LogP contribution in [0.15, 0.2) is 24.1 Å². The summed E-state index contributed by atoms with van der Waals surface area (Å²) < 4.78 is 12.7. The van der Waals surface area contributed by atoms with Gasteiger partial charge in [-0.2, -0.15) is 0 Å². The van der Waals surface area contributed by atoms with Gasteiger partial charge in [0, 0.05) is 11.5 Å². The van der Waals surface area contributed by atoms with Crippen molar-refractivity contribution in [3.63, 3.8) is 0 Å². The average Bonchev–Trinajstić information content (AvgIpc) is 2.94. The molecule has 66 valence electrons. The lowest BCUT2D eigenvalue weighted by atomic mass is 10.2. The molecule has 0 nitrogen and oxygen atoms in total. The quantitative estimate of drug-likeness (QED) is 0.423. The van der Waals surface area contributed by atoms with Gasteiger partial charge in [-0.15, -0.1) is 0 Å². The molecule has 0 amide bonds. The Bertz CT molecular complexity index is 348. The van der Waals surface area contributed by atoms with Gasteiger partial charge in [0.25, 0.3) is 0 Å². The summed E-state index contributed by atoms with van der Waals surface area (Å²) in [5, 5.41) is 0. The van der Waals surface area contributed by atoms with Crippen LogP contribution in [0.4, 0.5) is 4.39 Å². The fourth-order valence-electron chi connectivity index (χ4n) is 0.704. The molecule has 1 aliphatic carbocycles. The van der Waals surface area contributed by atoms with Gasteiger partial charge in [0.2, 0.25) is 0 Å². The summed E-state index contributed by atoms with van der Waals surface area (Å²) in [6.45, 7) is 4.93. The molecule has 0 unspecified atom stereocenters. The van der Waals surface area contributed by atoms with Crippen LogP contribution in [-0.2, 0) is 0 Å². The predicted molar refractivity (Wildman–Crippen MR) is 52.3 cm³/mol. The summed E-state index contributed by atoms with van der Waals surface area (Å²) in [6.07, 6.45) is 3.52. The normalized spacial score (nSPS) is 15.8. The highest BCUT2D eigenvalue weighted by Crippen LogP contribution is 2.27. The highest BCUT2D eigenvalue weighted by atomic mass is 19.1. The van der Waals surface area contributed by atoms with Crippen molar-refractivity contribution >= 4 is 0 Å². The van der Waals surface area contributed by atoms with Gasteiger partial charge in [0.05, 0.1) is 0 Å². The molecule has 0 saturated heterocycles. The second-order valence-electron chi connectivity index (χ2n) is 2.97. The van der Waals surface area contributed by atoms with Crippen LogP contribution in [0.5, 0.6) is 0 Å². The topological polar surface area (TPSA) is 0 Å². The van der Waals surface area contributed by atoms with Crippen LogP contribution in [0.25, 0.3) is 0 Å². The molecule has 13 heavy (non-hydrogen) atoms. The van der Waals surface area contributed by atoms with Crippen molar-refractivity contribution in [3.8, 4) is 23.7 Å². The number of allylic oxidation sites excluding steroid dienone is 3. The van der Waals surface area contributed by atoms with E-state index in [0.717, 1.165) is 6.08 Å². The Balaban J connectivity index is 2.56. The fraction of sp³-hybridized carbons (Fsp3) is 0.333. The third kappa shape index (κ3) is 3.63. The summed E-state index contributed by atoms with van der Waals surface area (Å²) in [7, 11) is 0. The maximum atomic E-state index is 12.7. The number of halogens is 1. The molecule has 0 heterocycles. The van der Waals surface area contributed by atoms with Crippen molar-refractivity contribution in [2.45, 2.75) is 19.8 Å². The Morgan fingerprint density at radius 3 is 2.69 bits per heavy atom. The predicted octanol–water partition coefficient (Wildman–Crippen LogP) is 2.83. The molecule has 1 saturated carbocycles. The van der Waals surface area contributed by atoms with E-state index in [2.05, 4.69) is 30.3 Å². The molecule has 0 aliphatic heterocycles. The lowest BCUT2D eigenvalue weighted by Crippen LogP contribution is -1.73. The van der Waals surface area contributed by atoms with Gasteiger partial charge < -0.3 is 0 Å². The summed E-state index contributed by atoms with van der Waals surface area (Å²) in [4.78, 5) is 0. The van der Waals surface area contributed by atoms with Crippen molar-refractivity contribution in [2.75, 3.05) is 0 Å². The molecule has 0 bridgehead atoms. The van der Waals surface area contributed by atoms with Crippen LogP contribution in [0.2, 0.25) is 0 Å². The minimum absolute atomic E-state index is 0.374. The fourth-order valence-corrected chi connectivity index (χ4v) is 0.704. The minimum atomic E-state index is -0.374. The molecular formula is C12H11F. The molecule has 0 spiro atoms. The standard InChI is InChI=1S/C12H11F/c1-3-12(13)10(2)6-4-5-7-11-8-9-11/h3,11H,1,8-9H2,2H3/b12-10-. The van der Waals surface area contributed by atoms with Gasteiger partial charge in [-0.05, 0) is 37.7 Å². The Hall–Kier alpha value is -1.47. The van der Waals surface area contributed by atoms with Crippen LogP contribution in [0, 0.1) is 29.6 Å². The van der Waals surface area contributed by atoms with E-state index in [4.69, 9.17) is 0 Å². The van der Waals surface area contributed by atoms with Crippen molar-refractivity contribution in [1.29, 1.82) is 0 Å². The number of rotatable bonds is 1. The molecule has 1 heteroatoms. The minimum Gasteiger partial charge on any atom is -0.206 e. The van der Waals surface area contributed by atoms with E-state index >= 15 is 0 Å². The van der Waals surface area contributed by atoms with Crippen LogP contribution in [0.1, 0.15) is 19.8 Å². The maximum Gasteiger partial charge on any atom is 0.133 e. The van der Waals surface area contributed by atoms with E-state index in [-0.39, 0.29) is 5.83 Å². The van der Waals surface area contributed by atoms with Crippen LogP contribution in [0.3, 0.4) is 0 Å². The molecule has 0 aromatic rings. The van der Waals surface area contributed by atoms with Gasteiger partial charge >= 0.3 is 0 Å². The molecule has 0 aromatic heterocycles. The van der Waals surface area contributed by atoms with E-state index in [1.807, 2.05) is 0 Å². The van der Waals surface area contributed by atoms with Crippen LogP contribution < -0.4 is 0 Å². The average molecular weight is 174 g/mol. The molecule has 0 aromatic carbocycles. The molecule has 1 aliphatic rings. The van der Waals surface area contributed by atoms with E-state index in [1.54, 1.807) is 6.92 Å². The Labute approximate surface area is 78.5 Å². The van der Waals surface area contributed by atoms with Crippen LogP contribution in [-0.4, -0.2) is 0 Å². The molecular weight excluding hydrogens is 163 g/mol. The third-order valence-corrected chi connectivity index (χ3v) is 1.70. The Kier molecular flexibility index (Phi) is 3.35. The summed E-state index contributed by atoms with van der Waals surface area (Å²) in [5.74, 6) is 11.1. The highest BCUT2D eigenvalue weighted by molar-refractivity contribution is 5.39. The zero-order valence-electron chi connectivity index (χ0n) is 7.65. The molecule has 0 atom stereocenters. The first-order valence-electron chi connectivity index (χ1n) is 4.24. The third-order valence-electron chi connectivity index (χ3n) is 1.70. The summed E-state index contributed by atoms with van der Waals surface area (Å²) in [6, 6.07) is 0. The van der Waals surface area contributed by atoms with Crippen molar-refractivity contribution in [1.82, 2.24) is 0 Å². The van der Waals surface area contributed by atoms with Gasteiger partial charge in [-0.3, -0.25) is 0 Å². The summed E-state index contributed by atoms with van der Waals surface area (Å²) >= 11 is 0.